The number of aromatic amines is 1. The number of hydrogen-bond donors (Lipinski definition) is 1. The fraction of sp³-hybridized carbons (Fsp3) is 0.286. The SMILES string of the molecule is O=C(Cc1ccc(Cl)c(Cl)c1)N1CCC(c2cc3ccccc3[nH]2)CC1. The van der Waals surface area contributed by atoms with Crippen LogP contribution in [0.3, 0.4) is 0 Å². The van der Waals surface area contributed by atoms with Crippen molar-refractivity contribution in [1.82, 2.24) is 9.88 Å². The topological polar surface area (TPSA) is 36.1 Å². The standard InChI is InChI=1S/C21H20Cl2N2O/c22-17-6-5-14(11-18(17)23)12-21(26)25-9-7-15(8-10-25)20-13-16-3-1-2-4-19(16)24-20/h1-6,11,13,15,24H,7-10,12H2. The van der Waals surface area contributed by atoms with Crippen molar-refractivity contribution in [2.75, 3.05) is 13.1 Å². The number of likely N-dealkylation sites (tertiary alicyclic amines) is 1. The molecule has 0 spiro atoms. The lowest BCUT2D eigenvalue weighted by atomic mass is 9.93. The molecule has 0 atom stereocenters. The van der Waals surface area contributed by atoms with Crippen molar-refractivity contribution in [1.29, 1.82) is 0 Å². The molecule has 0 radical (unpaired) electrons. The largest absolute Gasteiger partial charge is 0.358 e. The van der Waals surface area contributed by atoms with Gasteiger partial charge in [-0.05, 0) is 48.1 Å². The molecular weight excluding hydrogens is 367 g/mol. The quantitative estimate of drug-likeness (QED) is 0.640. The van der Waals surface area contributed by atoms with Gasteiger partial charge in [-0.1, -0.05) is 47.5 Å². The van der Waals surface area contributed by atoms with Gasteiger partial charge in [0.25, 0.3) is 0 Å². The molecule has 2 heterocycles. The Morgan fingerprint density at radius 2 is 1.81 bits per heavy atom. The summed E-state index contributed by atoms with van der Waals surface area (Å²) in [5, 5.41) is 2.26. The molecule has 3 nitrogen and oxygen atoms in total. The molecule has 4 rings (SSSR count). The lowest BCUT2D eigenvalue weighted by Gasteiger charge is -2.31. The van der Waals surface area contributed by atoms with Crippen LogP contribution in [-0.2, 0) is 11.2 Å². The summed E-state index contributed by atoms with van der Waals surface area (Å²) in [5.74, 6) is 0.634. The Balaban J connectivity index is 1.38. The zero-order valence-corrected chi connectivity index (χ0v) is 15.9. The number of para-hydroxylation sites is 1. The van der Waals surface area contributed by atoms with Gasteiger partial charge in [0.05, 0.1) is 16.5 Å². The van der Waals surface area contributed by atoms with E-state index in [0.29, 0.717) is 22.4 Å². The van der Waals surface area contributed by atoms with E-state index in [2.05, 4.69) is 29.2 Å². The summed E-state index contributed by atoms with van der Waals surface area (Å²) in [6.45, 7) is 1.58. The van der Waals surface area contributed by atoms with Crippen LogP contribution in [0, 0.1) is 0 Å². The van der Waals surface area contributed by atoms with E-state index in [0.717, 1.165) is 31.5 Å². The number of benzene rings is 2. The minimum Gasteiger partial charge on any atom is -0.358 e. The highest BCUT2D eigenvalue weighted by Crippen LogP contribution is 2.30. The first kappa shape index (κ1) is 17.4. The third-order valence-electron chi connectivity index (χ3n) is 5.18. The van der Waals surface area contributed by atoms with Crippen molar-refractivity contribution in [3.8, 4) is 0 Å². The summed E-state index contributed by atoms with van der Waals surface area (Å²) in [6, 6.07) is 16.0. The molecule has 1 aliphatic rings. The molecule has 1 saturated heterocycles. The smallest absolute Gasteiger partial charge is 0.226 e. The fourth-order valence-corrected chi connectivity index (χ4v) is 4.01. The van der Waals surface area contributed by atoms with Crippen LogP contribution in [0.25, 0.3) is 10.9 Å². The van der Waals surface area contributed by atoms with E-state index in [9.17, 15) is 4.79 Å². The zero-order valence-electron chi connectivity index (χ0n) is 14.3. The van der Waals surface area contributed by atoms with E-state index >= 15 is 0 Å². The Hall–Kier alpha value is -1.97. The lowest BCUT2D eigenvalue weighted by Crippen LogP contribution is -2.38. The molecule has 0 unspecified atom stereocenters. The van der Waals surface area contributed by atoms with Crippen LogP contribution in [0.4, 0.5) is 0 Å². The second kappa shape index (κ2) is 7.34. The second-order valence-corrected chi connectivity index (χ2v) is 7.71. The lowest BCUT2D eigenvalue weighted by molar-refractivity contribution is -0.131. The summed E-state index contributed by atoms with van der Waals surface area (Å²) in [7, 11) is 0. The first-order valence-corrected chi connectivity index (χ1v) is 9.65. The number of aromatic nitrogens is 1. The van der Waals surface area contributed by atoms with Gasteiger partial charge in [0.1, 0.15) is 0 Å². The minimum atomic E-state index is 0.151. The monoisotopic (exact) mass is 386 g/mol. The molecule has 0 bridgehead atoms. The number of hydrogen-bond acceptors (Lipinski definition) is 1. The van der Waals surface area contributed by atoms with Gasteiger partial charge in [0.2, 0.25) is 5.91 Å². The number of carbonyl (C=O) groups excluding carboxylic acids is 1. The average molecular weight is 387 g/mol. The predicted molar refractivity (Wildman–Crippen MR) is 107 cm³/mol. The summed E-state index contributed by atoms with van der Waals surface area (Å²) < 4.78 is 0. The van der Waals surface area contributed by atoms with E-state index in [1.54, 1.807) is 12.1 Å². The van der Waals surface area contributed by atoms with Crippen LogP contribution in [0.15, 0.2) is 48.5 Å². The molecule has 134 valence electrons. The van der Waals surface area contributed by atoms with Crippen molar-refractivity contribution in [3.05, 3.63) is 69.8 Å². The van der Waals surface area contributed by atoms with Gasteiger partial charge >= 0.3 is 0 Å². The highest BCUT2D eigenvalue weighted by atomic mass is 35.5. The van der Waals surface area contributed by atoms with Gasteiger partial charge in [-0.25, -0.2) is 0 Å². The fourth-order valence-electron chi connectivity index (χ4n) is 3.69. The van der Waals surface area contributed by atoms with Crippen LogP contribution in [0.1, 0.15) is 30.0 Å². The van der Waals surface area contributed by atoms with E-state index in [1.165, 1.54) is 16.6 Å². The number of H-pyrrole nitrogens is 1. The Labute approximate surface area is 162 Å². The van der Waals surface area contributed by atoms with Gasteiger partial charge in [0, 0.05) is 30.2 Å². The second-order valence-electron chi connectivity index (χ2n) is 6.89. The third-order valence-corrected chi connectivity index (χ3v) is 5.92. The molecule has 2 aromatic carbocycles. The normalized spacial score (nSPS) is 15.5. The average Bonchev–Trinajstić information content (AvgIpc) is 3.09. The maximum absolute atomic E-state index is 12.6. The molecule has 1 fully saturated rings. The number of piperidine rings is 1. The maximum Gasteiger partial charge on any atom is 0.226 e. The van der Waals surface area contributed by atoms with Gasteiger partial charge in [-0.3, -0.25) is 4.79 Å². The van der Waals surface area contributed by atoms with E-state index < -0.39 is 0 Å². The third kappa shape index (κ3) is 3.60. The van der Waals surface area contributed by atoms with Gasteiger partial charge in [-0.15, -0.1) is 0 Å². The summed E-state index contributed by atoms with van der Waals surface area (Å²) >= 11 is 12.0. The van der Waals surface area contributed by atoms with E-state index in [1.807, 2.05) is 17.0 Å². The summed E-state index contributed by atoms with van der Waals surface area (Å²) in [4.78, 5) is 18.1. The molecule has 3 aromatic rings. The number of nitrogens with one attached hydrogen (secondary N) is 1. The molecule has 1 aromatic heterocycles. The first-order chi connectivity index (χ1) is 12.6. The Kier molecular flexibility index (Phi) is 4.92. The van der Waals surface area contributed by atoms with Crippen LogP contribution in [0.5, 0.6) is 0 Å². The number of carbonyl (C=O) groups is 1. The number of nitrogens with zero attached hydrogens (tertiary/aromatic N) is 1. The van der Waals surface area contributed by atoms with Crippen LogP contribution < -0.4 is 0 Å². The molecule has 1 amide bonds. The number of halogens is 2. The van der Waals surface area contributed by atoms with E-state index in [-0.39, 0.29) is 5.91 Å². The highest BCUT2D eigenvalue weighted by Gasteiger charge is 2.25. The number of rotatable bonds is 3. The number of amides is 1. The molecule has 5 heteroatoms. The van der Waals surface area contributed by atoms with Crippen molar-refractivity contribution >= 4 is 40.0 Å². The Morgan fingerprint density at radius 3 is 2.54 bits per heavy atom. The van der Waals surface area contributed by atoms with E-state index in [4.69, 9.17) is 23.2 Å². The predicted octanol–water partition coefficient (Wildman–Crippen LogP) is 5.42. The van der Waals surface area contributed by atoms with Crippen LogP contribution >= 0.6 is 23.2 Å². The molecular formula is C21H20Cl2N2O. The van der Waals surface area contributed by atoms with Crippen LogP contribution in [-0.4, -0.2) is 28.9 Å². The summed E-state index contributed by atoms with van der Waals surface area (Å²) in [6.07, 6.45) is 2.34. The Bertz CT molecular complexity index is 909. The minimum absolute atomic E-state index is 0.151. The highest BCUT2D eigenvalue weighted by molar-refractivity contribution is 6.42. The van der Waals surface area contributed by atoms with Crippen molar-refractivity contribution < 1.29 is 4.79 Å². The molecule has 1 aliphatic heterocycles. The van der Waals surface area contributed by atoms with Crippen LogP contribution in [0.2, 0.25) is 10.0 Å². The maximum atomic E-state index is 12.6. The van der Waals surface area contributed by atoms with Crippen molar-refractivity contribution in [2.45, 2.75) is 25.2 Å². The first-order valence-electron chi connectivity index (χ1n) is 8.89. The van der Waals surface area contributed by atoms with Gasteiger partial charge in [-0.2, -0.15) is 0 Å². The van der Waals surface area contributed by atoms with Gasteiger partial charge < -0.3 is 9.88 Å². The molecule has 0 saturated carbocycles. The molecule has 0 aliphatic carbocycles. The molecule has 1 N–H and O–H groups in total. The zero-order chi connectivity index (χ0) is 18.1. The van der Waals surface area contributed by atoms with Crippen molar-refractivity contribution in [2.24, 2.45) is 0 Å². The molecule has 26 heavy (non-hydrogen) atoms. The Morgan fingerprint density at radius 1 is 1.04 bits per heavy atom. The number of fused-ring (bicyclic) bond motifs is 1. The van der Waals surface area contributed by atoms with Crippen molar-refractivity contribution in [3.63, 3.8) is 0 Å². The summed E-state index contributed by atoms with van der Waals surface area (Å²) in [5.41, 5.74) is 3.37. The van der Waals surface area contributed by atoms with Gasteiger partial charge in [0.15, 0.2) is 0 Å².